The van der Waals surface area contributed by atoms with E-state index < -0.39 is 9.84 Å². The molecule has 2 rings (SSSR count). The van der Waals surface area contributed by atoms with E-state index in [1.54, 1.807) is 0 Å². The minimum atomic E-state index is -2.83. The van der Waals surface area contributed by atoms with E-state index in [9.17, 15) is 8.42 Å². The summed E-state index contributed by atoms with van der Waals surface area (Å²) >= 11 is 6.17. The van der Waals surface area contributed by atoms with Crippen molar-refractivity contribution in [2.75, 3.05) is 18.6 Å². The lowest BCUT2D eigenvalue weighted by atomic mass is 9.76. The summed E-state index contributed by atoms with van der Waals surface area (Å²) in [5.74, 6) is 0.807. The molecule has 0 aliphatic heterocycles. The predicted molar refractivity (Wildman–Crippen MR) is 79.5 cm³/mol. The molecule has 1 N–H and O–H groups in total. The fourth-order valence-corrected chi connectivity index (χ4v) is 3.44. The lowest BCUT2D eigenvalue weighted by Crippen LogP contribution is -2.40. The highest BCUT2D eigenvalue weighted by atomic mass is 35.5. The van der Waals surface area contributed by atoms with Crippen LogP contribution in [-0.4, -0.2) is 33.0 Å². The Bertz CT molecular complexity index is 524. The van der Waals surface area contributed by atoms with Crippen LogP contribution in [-0.2, 0) is 9.84 Å². The first kappa shape index (κ1) is 14.8. The van der Waals surface area contributed by atoms with Gasteiger partial charge in [0.2, 0.25) is 0 Å². The second kappa shape index (κ2) is 6.25. The van der Waals surface area contributed by atoms with E-state index in [-0.39, 0.29) is 5.75 Å². The zero-order chi connectivity index (χ0) is 13.9. The van der Waals surface area contributed by atoms with Crippen LogP contribution in [0.25, 0.3) is 0 Å². The molecule has 106 valence electrons. The minimum Gasteiger partial charge on any atom is -0.314 e. The van der Waals surface area contributed by atoms with Crippen molar-refractivity contribution in [1.82, 2.24) is 5.32 Å². The Morgan fingerprint density at radius 2 is 2.00 bits per heavy atom. The zero-order valence-corrected chi connectivity index (χ0v) is 12.7. The summed E-state index contributed by atoms with van der Waals surface area (Å²) in [6.45, 7) is 0.771. The van der Waals surface area contributed by atoms with Crippen molar-refractivity contribution in [2.45, 2.75) is 31.2 Å². The Morgan fingerprint density at radius 3 is 2.63 bits per heavy atom. The lowest BCUT2D eigenvalue weighted by molar-refractivity contribution is 0.292. The maximum absolute atomic E-state index is 11.0. The van der Waals surface area contributed by atoms with Crippen LogP contribution in [0.3, 0.4) is 0 Å². The second-order valence-electron chi connectivity index (χ2n) is 5.32. The summed E-state index contributed by atoms with van der Waals surface area (Å²) < 4.78 is 22.0. The molecule has 0 bridgehead atoms. The largest absolute Gasteiger partial charge is 0.314 e. The third-order valence-electron chi connectivity index (χ3n) is 3.61. The average Bonchev–Trinajstić information content (AvgIpc) is 2.27. The van der Waals surface area contributed by atoms with E-state index in [0.717, 1.165) is 24.4 Å². The SMILES string of the molecule is CS(=O)(=O)CCCNC1CC(c2ccccc2Cl)C1. The van der Waals surface area contributed by atoms with Crippen molar-refractivity contribution in [3.8, 4) is 0 Å². The molecule has 1 aliphatic carbocycles. The quantitative estimate of drug-likeness (QED) is 0.822. The third-order valence-corrected chi connectivity index (χ3v) is 4.98. The number of hydrogen-bond donors (Lipinski definition) is 1. The van der Waals surface area contributed by atoms with Crippen LogP contribution < -0.4 is 5.32 Å². The van der Waals surface area contributed by atoms with Gasteiger partial charge in [-0.3, -0.25) is 0 Å². The summed E-state index contributed by atoms with van der Waals surface area (Å²) in [6, 6.07) is 8.50. The molecule has 0 amide bonds. The number of halogens is 1. The summed E-state index contributed by atoms with van der Waals surface area (Å²) in [5.41, 5.74) is 1.23. The highest BCUT2D eigenvalue weighted by Gasteiger charge is 2.30. The van der Waals surface area contributed by atoms with Gasteiger partial charge in [0.25, 0.3) is 0 Å². The second-order valence-corrected chi connectivity index (χ2v) is 7.99. The summed E-state index contributed by atoms with van der Waals surface area (Å²) in [7, 11) is -2.83. The van der Waals surface area contributed by atoms with Crippen molar-refractivity contribution in [2.24, 2.45) is 0 Å². The van der Waals surface area contributed by atoms with Gasteiger partial charge < -0.3 is 5.32 Å². The fourth-order valence-electron chi connectivity index (χ4n) is 2.49. The van der Waals surface area contributed by atoms with Crippen molar-refractivity contribution in [3.63, 3.8) is 0 Å². The Morgan fingerprint density at radius 1 is 1.32 bits per heavy atom. The Kier molecular flexibility index (Phi) is 4.87. The molecule has 1 aromatic rings. The molecule has 0 atom stereocenters. The van der Waals surface area contributed by atoms with Crippen molar-refractivity contribution < 1.29 is 8.42 Å². The van der Waals surface area contributed by atoms with E-state index in [2.05, 4.69) is 11.4 Å². The summed E-state index contributed by atoms with van der Waals surface area (Å²) in [6.07, 6.45) is 4.14. The molecule has 1 saturated carbocycles. The first-order valence-corrected chi connectivity index (χ1v) is 9.05. The molecule has 5 heteroatoms. The van der Waals surface area contributed by atoms with Crippen LogP contribution in [0.15, 0.2) is 24.3 Å². The van der Waals surface area contributed by atoms with E-state index in [4.69, 9.17) is 11.6 Å². The van der Waals surface area contributed by atoms with Gasteiger partial charge in [0.15, 0.2) is 0 Å². The molecule has 0 radical (unpaired) electrons. The van der Waals surface area contributed by atoms with Crippen molar-refractivity contribution in [3.05, 3.63) is 34.9 Å². The van der Waals surface area contributed by atoms with Crippen LogP contribution in [0.2, 0.25) is 5.02 Å². The number of sulfone groups is 1. The maximum Gasteiger partial charge on any atom is 0.147 e. The number of rotatable bonds is 6. The van der Waals surface area contributed by atoms with E-state index in [1.165, 1.54) is 11.8 Å². The van der Waals surface area contributed by atoms with Crippen LogP contribution in [0.5, 0.6) is 0 Å². The molecule has 1 fully saturated rings. The maximum atomic E-state index is 11.0. The molecule has 19 heavy (non-hydrogen) atoms. The molecule has 3 nitrogen and oxygen atoms in total. The van der Waals surface area contributed by atoms with Gasteiger partial charge in [-0.2, -0.15) is 0 Å². The monoisotopic (exact) mass is 301 g/mol. The molecule has 0 heterocycles. The van der Waals surface area contributed by atoms with Gasteiger partial charge in [0, 0.05) is 17.3 Å². The highest BCUT2D eigenvalue weighted by Crippen LogP contribution is 2.39. The number of nitrogens with one attached hydrogen (secondary N) is 1. The van der Waals surface area contributed by atoms with Gasteiger partial charge in [0.05, 0.1) is 5.75 Å². The van der Waals surface area contributed by atoms with Gasteiger partial charge in [-0.05, 0) is 43.4 Å². The van der Waals surface area contributed by atoms with Gasteiger partial charge in [-0.1, -0.05) is 29.8 Å². The lowest BCUT2D eigenvalue weighted by Gasteiger charge is -2.36. The van der Waals surface area contributed by atoms with Crippen LogP contribution in [0.4, 0.5) is 0 Å². The molecule has 1 aromatic carbocycles. The number of benzene rings is 1. The zero-order valence-electron chi connectivity index (χ0n) is 11.1. The standard InChI is InChI=1S/C14H20ClNO2S/c1-19(17,18)8-4-7-16-12-9-11(10-12)13-5-2-3-6-14(13)15/h2-3,5-6,11-12,16H,4,7-10H2,1H3. The van der Waals surface area contributed by atoms with Crippen molar-refractivity contribution >= 4 is 21.4 Å². The highest BCUT2D eigenvalue weighted by molar-refractivity contribution is 7.90. The molecule has 0 unspecified atom stereocenters. The first-order chi connectivity index (χ1) is 8.96. The van der Waals surface area contributed by atoms with Gasteiger partial charge >= 0.3 is 0 Å². The van der Waals surface area contributed by atoms with E-state index >= 15 is 0 Å². The molecule has 0 saturated heterocycles. The number of hydrogen-bond acceptors (Lipinski definition) is 3. The van der Waals surface area contributed by atoms with Gasteiger partial charge in [-0.15, -0.1) is 0 Å². The van der Waals surface area contributed by atoms with Gasteiger partial charge in [0.1, 0.15) is 9.84 Å². The van der Waals surface area contributed by atoms with Crippen LogP contribution in [0.1, 0.15) is 30.7 Å². The smallest absolute Gasteiger partial charge is 0.147 e. The molecular formula is C14H20ClNO2S. The Labute approximate surface area is 120 Å². The molecular weight excluding hydrogens is 282 g/mol. The molecule has 1 aliphatic rings. The fraction of sp³-hybridized carbons (Fsp3) is 0.571. The summed E-state index contributed by atoms with van der Waals surface area (Å²) in [5, 5.41) is 4.25. The normalized spacial score (nSPS) is 23.1. The van der Waals surface area contributed by atoms with Crippen molar-refractivity contribution in [1.29, 1.82) is 0 Å². The third kappa shape index (κ3) is 4.48. The minimum absolute atomic E-state index is 0.265. The van der Waals surface area contributed by atoms with E-state index in [1.807, 2.05) is 18.2 Å². The average molecular weight is 302 g/mol. The molecule has 0 aromatic heterocycles. The first-order valence-electron chi connectivity index (χ1n) is 6.61. The summed E-state index contributed by atoms with van der Waals surface area (Å²) in [4.78, 5) is 0. The molecule has 0 spiro atoms. The van der Waals surface area contributed by atoms with Gasteiger partial charge in [-0.25, -0.2) is 8.42 Å². The van der Waals surface area contributed by atoms with Crippen LogP contribution in [0, 0.1) is 0 Å². The Hall–Kier alpha value is -0.580. The predicted octanol–water partition coefficient (Wildman–Crippen LogP) is 2.61. The van der Waals surface area contributed by atoms with E-state index in [0.29, 0.717) is 18.4 Å². The van der Waals surface area contributed by atoms with Crippen LogP contribution >= 0.6 is 11.6 Å². The topological polar surface area (TPSA) is 46.2 Å². The Balaban J connectivity index is 1.68.